The summed E-state index contributed by atoms with van der Waals surface area (Å²) in [6.07, 6.45) is 2.38. The molecule has 0 radical (unpaired) electrons. The molecule has 0 aliphatic carbocycles. The van der Waals surface area contributed by atoms with Crippen molar-refractivity contribution >= 4 is 26.7 Å². The summed E-state index contributed by atoms with van der Waals surface area (Å²) in [4.78, 5) is 0. The molecule has 1 N–H and O–H groups in total. The van der Waals surface area contributed by atoms with Crippen molar-refractivity contribution < 1.29 is 0 Å². The minimum absolute atomic E-state index is 0.466. The fraction of sp³-hybridized carbons (Fsp3) is 0.333. The van der Waals surface area contributed by atoms with E-state index in [0.29, 0.717) is 6.04 Å². The van der Waals surface area contributed by atoms with Gasteiger partial charge in [0.15, 0.2) is 0 Å². The van der Waals surface area contributed by atoms with Gasteiger partial charge in [0.2, 0.25) is 0 Å². The Balaban J connectivity index is 2.40. The molecule has 1 atom stereocenters. The minimum atomic E-state index is 0.466. The van der Waals surface area contributed by atoms with Crippen LogP contribution in [0.15, 0.2) is 40.9 Å². The van der Waals surface area contributed by atoms with E-state index in [1.54, 1.807) is 0 Å². The maximum atomic E-state index is 3.51. The molecular formula is C15H18BrN. The summed E-state index contributed by atoms with van der Waals surface area (Å²) in [5.74, 6) is 0. The molecule has 0 bridgehead atoms. The molecule has 2 aromatic carbocycles. The molecule has 0 saturated carbocycles. The number of rotatable bonds is 4. The van der Waals surface area contributed by atoms with Gasteiger partial charge < -0.3 is 5.32 Å². The highest BCUT2D eigenvalue weighted by molar-refractivity contribution is 9.10. The average molecular weight is 292 g/mol. The first-order valence-corrected chi connectivity index (χ1v) is 6.90. The summed E-state index contributed by atoms with van der Waals surface area (Å²) in [5, 5.41) is 5.98. The van der Waals surface area contributed by atoms with Crippen LogP contribution in [0.5, 0.6) is 0 Å². The lowest BCUT2D eigenvalue weighted by Crippen LogP contribution is -2.15. The number of nitrogens with one attached hydrogen (secondary N) is 1. The van der Waals surface area contributed by atoms with E-state index in [4.69, 9.17) is 0 Å². The van der Waals surface area contributed by atoms with E-state index in [-0.39, 0.29) is 0 Å². The second-order valence-electron chi connectivity index (χ2n) is 4.38. The Hall–Kier alpha value is -0.860. The summed E-state index contributed by atoms with van der Waals surface area (Å²) < 4.78 is 1.14. The number of benzene rings is 2. The zero-order chi connectivity index (χ0) is 12.3. The van der Waals surface area contributed by atoms with Gasteiger partial charge in [-0.05, 0) is 48.0 Å². The first kappa shape index (κ1) is 12.6. The van der Waals surface area contributed by atoms with Crippen LogP contribution < -0.4 is 5.32 Å². The van der Waals surface area contributed by atoms with Gasteiger partial charge in [-0.25, -0.2) is 0 Å². The first-order valence-electron chi connectivity index (χ1n) is 6.11. The van der Waals surface area contributed by atoms with E-state index in [2.05, 4.69) is 64.6 Å². The fourth-order valence-electron chi connectivity index (χ4n) is 2.22. The predicted octanol–water partition coefficient (Wildman–Crippen LogP) is 4.66. The van der Waals surface area contributed by atoms with Gasteiger partial charge in [0.1, 0.15) is 0 Å². The summed E-state index contributed by atoms with van der Waals surface area (Å²) in [6.45, 7) is 2.22. The van der Waals surface area contributed by atoms with Crippen LogP contribution in [0.1, 0.15) is 31.4 Å². The van der Waals surface area contributed by atoms with Crippen molar-refractivity contribution in [2.45, 2.75) is 25.8 Å². The molecule has 0 heterocycles. The highest BCUT2D eigenvalue weighted by Crippen LogP contribution is 2.25. The zero-order valence-electron chi connectivity index (χ0n) is 10.3. The van der Waals surface area contributed by atoms with E-state index in [9.17, 15) is 0 Å². The van der Waals surface area contributed by atoms with Gasteiger partial charge in [0.25, 0.3) is 0 Å². The Morgan fingerprint density at radius 2 is 1.82 bits per heavy atom. The smallest absolute Gasteiger partial charge is 0.0317 e. The summed E-state index contributed by atoms with van der Waals surface area (Å²) >= 11 is 3.51. The van der Waals surface area contributed by atoms with Gasteiger partial charge in [-0.15, -0.1) is 0 Å². The summed E-state index contributed by atoms with van der Waals surface area (Å²) in [5.41, 5.74) is 1.38. The van der Waals surface area contributed by atoms with Crippen molar-refractivity contribution in [2.24, 2.45) is 0 Å². The molecule has 1 nitrogen and oxygen atoms in total. The molecule has 90 valence electrons. The molecular weight excluding hydrogens is 274 g/mol. The second-order valence-corrected chi connectivity index (χ2v) is 5.30. The van der Waals surface area contributed by atoms with Gasteiger partial charge in [0.05, 0.1) is 0 Å². The van der Waals surface area contributed by atoms with Gasteiger partial charge in [-0.1, -0.05) is 47.5 Å². The van der Waals surface area contributed by atoms with Crippen molar-refractivity contribution in [3.8, 4) is 0 Å². The lowest BCUT2D eigenvalue weighted by molar-refractivity contribution is 0.542. The predicted molar refractivity (Wildman–Crippen MR) is 78.4 cm³/mol. The molecule has 2 heteroatoms. The Morgan fingerprint density at radius 1 is 1.12 bits per heavy atom. The van der Waals surface area contributed by atoms with Crippen LogP contribution in [0.3, 0.4) is 0 Å². The fourth-order valence-corrected chi connectivity index (χ4v) is 2.60. The van der Waals surface area contributed by atoms with Crippen LogP contribution >= 0.6 is 15.9 Å². The zero-order valence-corrected chi connectivity index (χ0v) is 11.9. The van der Waals surface area contributed by atoms with Gasteiger partial charge in [-0.3, -0.25) is 0 Å². The maximum absolute atomic E-state index is 3.51. The minimum Gasteiger partial charge on any atom is -0.313 e. The van der Waals surface area contributed by atoms with Gasteiger partial charge in [-0.2, -0.15) is 0 Å². The largest absolute Gasteiger partial charge is 0.313 e. The third-order valence-corrected chi connectivity index (χ3v) is 3.65. The quantitative estimate of drug-likeness (QED) is 0.864. The lowest BCUT2D eigenvalue weighted by Gasteiger charge is -2.16. The molecule has 17 heavy (non-hydrogen) atoms. The molecule has 2 rings (SSSR count). The maximum Gasteiger partial charge on any atom is 0.0317 e. The second kappa shape index (κ2) is 5.65. The van der Waals surface area contributed by atoms with Crippen LogP contribution in [0.4, 0.5) is 0 Å². The lowest BCUT2D eigenvalue weighted by atomic mass is 9.99. The van der Waals surface area contributed by atoms with E-state index < -0.39 is 0 Å². The molecule has 0 saturated heterocycles. The normalized spacial score (nSPS) is 12.9. The van der Waals surface area contributed by atoms with Crippen molar-refractivity contribution in [2.75, 3.05) is 7.05 Å². The van der Waals surface area contributed by atoms with E-state index in [1.807, 2.05) is 7.05 Å². The van der Waals surface area contributed by atoms with Gasteiger partial charge >= 0.3 is 0 Å². The van der Waals surface area contributed by atoms with Crippen molar-refractivity contribution in [3.05, 3.63) is 46.4 Å². The Morgan fingerprint density at radius 3 is 2.53 bits per heavy atom. The van der Waals surface area contributed by atoms with Gasteiger partial charge in [0, 0.05) is 10.5 Å². The molecule has 2 aromatic rings. The van der Waals surface area contributed by atoms with Crippen LogP contribution in [-0.2, 0) is 0 Å². The summed E-state index contributed by atoms with van der Waals surface area (Å²) in [6, 6.07) is 13.6. The standard InChI is InChI=1S/C15H18BrN/c1-3-4-15(17-2)13-6-5-12-10-14(16)8-7-11(12)9-13/h5-10,15,17H,3-4H2,1-2H3. The molecule has 1 unspecified atom stereocenters. The van der Waals surface area contributed by atoms with Crippen LogP contribution in [0.2, 0.25) is 0 Å². The highest BCUT2D eigenvalue weighted by Gasteiger charge is 2.08. The Kier molecular flexibility index (Phi) is 4.19. The summed E-state index contributed by atoms with van der Waals surface area (Å²) in [7, 11) is 2.03. The van der Waals surface area contributed by atoms with Crippen LogP contribution in [-0.4, -0.2) is 7.05 Å². The third-order valence-electron chi connectivity index (χ3n) is 3.15. The van der Waals surface area contributed by atoms with E-state index >= 15 is 0 Å². The highest BCUT2D eigenvalue weighted by atomic mass is 79.9. The van der Waals surface area contributed by atoms with E-state index in [0.717, 1.165) is 4.47 Å². The third kappa shape index (κ3) is 2.88. The first-order chi connectivity index (χ1) is 8.24. The molecule has 0 aliphatic rings. The number of fused-ring (bicyclic) bond motifs is 1. The van der Waals surface area contributed by atoms with Crippen LogP contribution in [0.25, 0.3) is 10.8 Å². The molecule has 0 aromatic heterocycles. The number of halogens is 1. The van der Waals surface area contributed by atoms with Crippen LogP contribution in [0, 0.1) is 0 Å². The van der Waals surface area contributed by atoms with Crippen molar-refractivity contribution in [1.29, 1.82) is 0 Å². The van der Waals surface area contributed by atoms with Crippen molar-refractivity contribution in [1.82, 2.24) is 5.32 Å². The molecule has 0 aliphatic heterocycles. The topological polar surface area (TPSA) is 12.0 Å². The van der Waals surface area contributed by atoms with Crippen molar-refractivity contribution in [3.63, 3.8) is 0 Å². The molecule has 0 fully saturated rings. The number of hydrogen-bond donors (Lipinski definition) is 1. The Bertz CT molecular complexity index is 507. The van der Waals surface area contributed by atoms with E-state index in [1.165, 1.54) is 29.2 Å². The molecule has 0 spiro atoms. The monoisotopic (exact) mass is 291 g/mol. The molecule has 0 amide bonds. The Labute approximate surface area is 111 Å². The SMILES string of the molecule is CCCC(NC)c1ccc2cc(Br)ccc2c1. The number of hydrogen-bond acceptors (Lipinski definition) is 1. The average Bonchev–Trinajstić information content (AvgIpc) is 2.35.